The molecule has 4 fully saturated rings. The molecule has 0 aromatic rings. The van der Waals surface area contributed by atoms with Crippen molar-refractivity contribution in [3.8, 4) is 0 Å². The normalized spacial score (nSPS) is 37.2. The highest BCUT2D eigenvalue weighted by molar-refractivity contribution is 6.31. The van der Waals surface area contributed by atoms with Crippen molar-refractivity contribution < 1.29 is 73.8 Å². The van der Waals surface area contributed by atoms with Gasteiger partial charge >= 0.3 is 0 Å². The Hall–Kier alpha value is -3.53. The molecule has 0 radical (unpaired) electrons. The Morgan fingerprint density at radius 2 is 1.48 bits per heavy atom. The molecule has 0 spiro atoms. The van der Waals surface area contributed by atoms with Crippen molar-refractivity contribution >= 4 is 40.8 Å². The fourth-order valence-corrected chi connectivity index (χ4v) is 6.35. The number of ether oxygens (including phenoxy) is 5. The lowest BCUT2D eigenvalue weighted by molar-refractivity contribution is -0.290. The van der Waals surface area contributed by atoms with Gasteiger partial charge in [-0.1, -0.05) is 71.8 Å². The number of nitrogens with zero attached hydrogens (tertiary/aromatic N) is 1. The lowest BCUT2D eigenvalue weighted by Gasteiger charge is -2.44. The van der Waals surface area contributed by atoms with Gasteiger partial charge in [0, 0.05) is 10.1 Å². The van der Waals surface area contributed by atoms with Crippen molar-refractivity contribution in [1.82, 2.24) is 4.90 Å². The third-order valence-corrected chi connectivity index (χ3v) is 9.35. The number of hydrogen-bond donors (Lipinski definition) is 8. The second-order valence-corrected chi connectivity index (χ2v) is 14.1. The van der Waals surface area contributed by atoms with E-state index in [0.717, 1.165) is 11.0 Å². The number of ketones is 1. The summed E-state index contributed by atoms with van der Waals surface area (Å²) < 4.78 is 28.2. The summed E-state index contributed by atoms with van der Waals surface area (Å²) in [7, 11) is 0. The summed E-state index contributed by atoms with van der Waals surface area (Å²) in [5.41, 5.74) is 4.68. The Balaban J connectivity index is 1.51. The highest BCUT2D eigenvalue weighted by atomic mass is 35.5. The van der Waals surface area contributed by atoms with Gasteiger partial charge in [-0.25, -0.2) is 0 Å². The van der Waals surface area contributed by atoms with Gasteiger partial charge in [0.15, 0.2) is 24.6 Å². The van der Waals surface area contributed by atoms with E-state index in [1.807, 2.05) is 0 Å². The monoisotopic (exact) mass is 828 g/mol. The van der Waals surface area contributed by atoms with Crippen LogP contribution in [0.1, 0.15) is 20.3 Å². The summed E-state index contributed by atoms with van der Waals surface area (Å²) in [5.74, 6) is -3.89. The first kappa shape index (κ1) is 45.2. The average molecular weight is 830 g/mol. The molecule has 0 bridgehead atoms. The van der Waals surface area contributed by atoms with Crippen LogP contribution in [0, 0.1) is 0 Å². The molecule has 13 atom stereocenters. The van der Waals surface area contributed by atoms with E-state index >= 15 is 0 Å². The molecule has 19 heteroatoms. The first-order valence-electron chi connectivity index (χ1n) is 17.4. The van der Waals surface area contributed by atoms with Gasteiger partial charge in [0.2, 0.25) is 5.91 Å². The molecule has 4 rings (SSSR count). The first-order valence-corrected chi connectivity index (χ1v) is 18.2. The van der Waals surface area contributed by atoms with E-state index in [2.05, 4.69) is 0 Å². The number of Topliss-reactive ketones (excluding diaryl/α,β-unsaturated/α-hetero) is 1. The minimum atomic E-state index is -1.84. The Bertz CT molecular complexity index is 1670. The number of allylic oxidation sites excluding steroid dienone is 14. The molecular weight excluding hydrogens is 783 g/mol. The number of halogens is 2. The van der Waals surface area contributed by atoms with E-state index in [9.17, 15) is 50.1 Å². The minimum Gasteiger partial charge on any atom is -0.507 e. The topological polar surface area (TPSA) is 268 Å². The standard InChI is InChI=1S/C37H46Cl2N2O15/c1-18(38)11-10-13-20(39)12-8-6-4-3-5-7-9-14-22(43)26-28(47)21(15-25(40)45)41(34(26)51)35-33(29(48)23(44)17-52-35)56-37-31(50)32(24(16-42)54-37)55-36-30(49)27(46)19(2)53-36/h3-14,19,21,23-24,27,29-33,35-37,42-44,46,48-50H,15-17H2,1-2H3,(H2,40,45). The molecule has 0 saturated carbocycles. The van der Waals surface area contributed by atoms with Crippen molar-refractivity contribution in [2.75, 3.05) is 13.2 Å². The van der Waals surface area contributed by atoms with E-state index in [4.69, 9.17) is 52.6 Å². The zero-order valence-corrected chi connectivity index (χ0v) is 31.7. The quantitative estimate of drug-likeness (QED) is 0.0464. The summed E-state index contributed by atoms with van der Waals surface area (Å²) in [6, 6.07) is -1.64. The van der Waals surface area contributed by atoms with Crippen LogP contribution in [0.3, 0.4) is 0 Å². The Labute approximate surface area is 332 Å². The predicted molar refractivity (Wildman–Crippen MR) is 198 cm³/mol. The zero-order valence-electron chi connectivity index (χ0n) is 30.2. The average Bonchev–Trinajstić information content (AvgIpc) is 3.67. The second-order valence-electron chi connectivity index (χ2n) is 13.1. The first-order chi connectivity index (χ1) is 26.6. The molecule has 4 aliphatic rings. The molecule has 0 aromatic carbocycles. The Morgan fingerprint density at radius 3 is 2.09 bits per heavy atom. The Morgan fingerprint density at radius 1 is 0.857 bits per heavy atom. The van der Waals surface area contributed by atoms with Crippen LogP contribution in [-0.4, -0.2) is 151 Å². The number of nitrogens with two attached hydrogens (primary N) is 1. The molecule has 4 saturated heterocycles. The highest BCUT2D eigenvalue weighted by Gasteiger charge is 2.57. The van der Waals surface area contributed by atoms with Gasteiger partial charge in [0.1, 0.15) is 66.2 Å². The molecule has 4 heterocycles. The molecule has 9 N–H and O–H groups in total. The van der Waals surface area contributed by atoms with Gasteiger partial charge in [-0.2, -0.15) is 0 Å². The van der Waals surface area contributed by atoms with Crippen LogP contribution in [0.25, 0.3) is 0 Å². The van der Waals surface area contributed by atoms with Crippen molar-refractivity contribution in [3.63, 3.8) is 0 Å². The summed E-state index contributed by atoms with van der Waals surface area (Å²) in [6.07, 6.45) is -0.0132. The largest absolute Gasteiger partial charge is 0.507 e. The second kappa shape index (κ2) is 20.8. The fourth-order valence-electron chi connectivity index (χ4n) is 6.14. The molecule has 56 heavy (non-hydrogen) atoms. The van der Waals surface area contributed by atoms with Crippen molar-refractivity contribution in [2.45, 2.75) is 100 Å². The number of hydrogen-bond acceptors (Lipinski definition) is 15. The molecular formula is C37H46Cl2N2O15. The highest BCUT2D eigenvalue weighted by Crippen LogP contribution is 2.36. The molecule has 0 aromatic heterocycles. The van der Waals surface area contributed by atoms with Crippen LogP contribution in [0.5, 0.6) is 0 Å². The Kier molecular flexibility index (Phi) is 16.7. The van der Waals surface area contributed by atoms with Crippen LogP contribution >= 0.6 is 23.2 Å². The molecule has 308 valence electrons. The van der Waals surface area contributed by atoms with E-state index in [0.29, 0.717) is 10.1 Å². The number of carbonyl (C=O) groups excluding carboxylic acids is 3. The summed E-state index contributed by atoms with van der Waals surface area (Å²) >= 11 is 11.8. The molecule has 17 nitrogen and oxygen atoms in total. The van der Waals surface area contributed by atoms with Gasteiger partial charge in [-0.3, -0.25) is 19.3 Å². The van der Waals surface area contributed by atoms with E-state index < -0.39 is 128 Å². The van der Waals surface area contributed by atoms with Gasteiger partial charge in [0.25, 0.3) is 5.91 Å². The van der Waals surface area contributed by atoms with E-state index in [1.165, 1.54) is 19.1 Å². The lowest BCUT2D eigenvalue weighted by Crippen LogP contribution is -2.63. The number of primary amides is 1. The number of aliphatic hydroxyl groups is 7. The lowest BCUT2D eigenvalue weighted by atomic mass is 10.0. The number of carbonyl (C=O) groups is 3. The molecule has 4 aliphatic heterocycles. The SMILES string of the molecule is CC(Cl)=CC=CC(Cl)=CC=CC=CC=CC=CC(O)=C1C(=O)C(CC(N)=O)N(C2OCC(O)C(O)C2OC2OC(CO)C(OC3OC(C)C(O)C3O)C2O)C1=O. The zero-order chi connectivity index (χ0) is 41.3. The van der Waals surface area contributed by atoms with Gasteiger partial charge < -0.3 is 65.2 Å². The molecule has 13 unspecified atom stereocenters. The minimum absolute atomic E-state index is 0.469. The predicted octanol–water partition coefficient (Wildman–Crippen LogP) is -0.107. The third-order valence-electron chi connectivity index (χ3n) is 8.98. The van der Waals surface area contributed by atoms with Gasteiger partial charge in [-0.15, -0.1) is 0 Å². The number of likely N-dealkylation sites (tertiary alicyclic amines) is 1. The van der Waals surface area contributed by atoms with Crippen LogP contribution < -0.4 is 5.73 Å². The van der Waals surface area contributed by atoms with Crippen molar-refractivity contribution in [3.05, 3.63) is 94.3 Å². The van der Waals surface area contributed by atoms with Gasteiger partial charge in [-0.05, 0) is 38.2 Å². The number of rotatable bonds is 15. The van der Waals surface area contributed by atoms with Crippen LogP contribution in [0.2, 0.25) is 0 Å². The number of amides is 2. The van der Waals surface area contributed by atoms with Crippen LogP contribution in [-0.2, 0) is 38.1 Å². The molecule has 0 aliphatic carbocycles. The van der Waals surface area contributed by atoms with Crippen LogP contribution in [0.4, 0.5) is 0 Å². The maximum absolute atomic E-state index is 13.8. The third kappa shape index (κ3) is 11.1. The van der Waals surface area contributed by atoms with E-state index in [1.54, 1.807) is 61.6 Å². The summed E-state index contributed by atoms with van der Waals surface area (Å²) in [4.78, 5) is 40.3. The molecule has 2 amide bonds. The summed E-state index contributed by atoms with van der Waals surface area (Å²) in [6.45, 7) is 1.90. The van der Waals surface area contributed by atoms with Crippen LogP contribution in [0.15, 0.2) is 94.3 Å². The summed E-state index contributed by atoms with van der Waals surface area (Å²) in [5, 5.41) is 74.9. The van der Waals surface area contributed by atoms with Crippen molar-refractivity contribution in [1.29, 1.82) is 0 Å². The van der Waals surface area contributed by atoms with E-state index in [-0.39, 0.29) is 0 Å². The fraction of sp³-hybridized carbons (Fsp3) is 0.486. The van der Waals surface area contributed by atoms with Crippen molar-refractivity contribution in [2.24, 2.45) is 5.73 Å². The maximum atomic E-state index is 13.8. The maximum Gasteiger partial charge on any atom is 0.264 e. The number of aliphatic hydroxyl groups excluding tert-OH is 7. The smallest absolute Gasteiger partial charge is 0.264 e. The van der Waals surface area contributed by atoms with Gasteiger partial charge in [0.05, 0.1) is 25.7 Å².